The van der Waals surface area contributed by atoms with Crippen LogP contribution in [0.5, 0.6) is 5.75 Å². The fourth-order valence-corrected chi connectivity index (χ4v) is 3.17. The zero-order valence-corrected chi connectivity index (χ0v) is 13.9. The molecule has 1 fully saturated rings. The lowest BCUT2D eigenvalue weighted by atomic mass is 10.1. The average Bonchev–Trinajstić information content (AvgIpc) is 3.10. The lowest BCUT2D eigenvalue weighted by Crippen LogP contribution is -2.48. The summed E-state index contributed by atoms with van der Waals surface area (Å²) in [6, 6.07) is 2.41. The van der Waals surface area contributed by atoms with Crippen molar-refractivity contribution in [3.63, 3.8) is 0 Å². The molecule has 6 nitrogen and oxygen atoms in total. The SMILES string of the molecule is CCOc1cncc(CN2CCN(CC)C(c3ncc[nH]3)C2)c1. The lowest BCUT2D eigenvalue weighted by molar-refractivity contribution is 0.0696. The van der Waals surface area contributed by atoms with E-state index in [4.69, 9.17) is 4.74 Å². The number of nitrogens with zero attached hydrogens (tertiary/aromatic N) is 4. The van der Waals surface area contributed by atoms with E-state index in [9.17, 15) is 0 Å². The standard InChI is InChI=1S/C17H25N5O/c1-3-22-8-7-21(13-16(22)17-19-5-6-20-17)12-14-9-15(23-4-2)11-18-10-14/h5-6,9-11,16H,3-4,7-8,12-13H2,1-2H3,(H,19,20). The number of hydrogen-bond donors (Lipinski definition) is 1. The van der Waals surface area contributed by atoms with Gasteiger partial charge in [-0.05, 0) is 25.1 Å². The molecule has 0 aromatic carbocycles. The monoisotopic (exact) mass is 315 g/mol. The van der Waals surface area contributed by atoms with Gasteiger partial charge in [0.25, 0.3) is 0 Å². The topological polar surface area (TPSA) is 57.3 Å². The smallest absolute Gasteiger partial charge is 0.137 e. The first kappa shape index (κ1) is 16.0. The molecule has 2 aromatic rings. The van der Waals surface area contributed by atoms with Crippen LogP contribution in [0.15, 0.2) is 30.9 Å². The van der Waals surface area contributed by atoms with E-state index in [2.05, 4.69) is 37.7 Å². The third kappa shape index (κ3) is 3.89. The minimum absolute atomic E-state index is 0.326. The van der Waals surface area contributed by atoms with Crippen LogP contribution in [0.25, 0.3) is 0 Å². The van der Waals surface area contributed by atoms with Gasteiger partial charge in [-0.2, -0.15) is 0 Å². The molecule has 0 radical (unpaired) electrons. The second-order valence-corrected chi connectivity index (χ2v) is 5.82. The third-order valence-corrected chi connectivity index (χ3v) is 4.30. The minimum Gasteiger partial charge on any atom is -0.492 e. The molecule has 3 rings (SSSR count). The minimum atomic E-state index is 0.326. The van der Waals surface area contributed by atoms with E-state index in [-0.39, 0.29) is 0 Å². The van der Waals surface area contributed by atoms with Crippen LogP contribution in [0.3, 0.4) is 0 Å². The highest BCUT2D eigenvalue weighted by molar-refractivity contribution is 5.23. The van der Waals surface area contributed by atoms with E-state index in [1.807, 2.05) is 25.5 Å². The molecular weight excluding hydrogens is 290 g/mol. The highest BCUT2D eigenvalue weighted by Gasteiger charge is 2.28. The number of aromatic amines is 1. The van der Waals surface area contributed by atoms with Crippen molar-refractivity contribution in [3.8, 4) is 5.75 Å². The second kappa shape index (κ2) is 7.57. The number of piperazine rings is 1. The van der Waals surface area contributed by atoms with E-state index >= 15 is 0 Å². The van der Waals surface area contributed by atoms with Gasteiger partial charge in [-0.3, -0.25) is 14.8 Å². The van der Waals surface area contributed by atoms with Crippen molar-refractivity contribution in [2.24, 2.45) is 0 Å². The molecule has 124 valence electrons. The number of imidazole rings is 1. The Morgan fingerprint density at radius 2 is 2.22 bits per heavy atom. The first-order valence-electron chi connectivity index (χ1n) is 8.32. The fourth-order valence-electron chi connectivity index (χ4n) is 3.17. The summed E-state index contributed by atoms with van der Waals surface area (Å²) in [5.74, 6) is 1.90. The predicted molar refractivity (Wildman–Crippen MR) is 89.3 cm³/mol. The van der Waals surface area contributed by atoms with Gasteiger partial charge in [0.1, 0.15) is 11.6 Å². The molecule has 23 heavy (non-hydrogen) atoms. The maximum absolute atomic E-state index is 5.55. The Morgan fingerprint density at radius 1 is 1.30 bits per heavy atom. The molecular formula is C17H25N5O. The van der Waals surface area contributed by atoms with E-state index in [0.717, 1.165) is 44.3 Å². The van der Waals surface area contributed by atoms with Crippen LogP contribution >= 0.6 is 0 Å². The highest BCUT2D eigenvalue weighted by Crippen LogP contribution is 2.24. The predicted octanol–water partition coefficient (Wildman–Crippen LogP) is 2.08. The van der Waals surface area contributed by atoms with Crippen LogP contribution in [-0.2, 0) is 6.54 Å². The van der Waals surface area contributed by atoms with E-state index in [0.29, 0.717) is 12.6 Å². The largest absolute Gasteiger partial charge is 0.492 e. The Hall–Kier alpha value is -1.92. The van der Waals surface area contributed by atoms with Crippen LogP contribution in [0.2, 0.25) is 0 Å². The molecule has 1 atom stereocenters. The summed E-state index contributed by atoms with van der Waals surface area (Å²) >= 11 is 0. The summed E-state index contributed by atoms with van der Waals surface area (Å²) in [4.78, 5) is 17.0. The van der Waals surface area contributed by atoms with Gasteiger partial charge in [-0.25, -0.2) is 4.98 Å². The summed E-state index contributed by atoms with van der Waals surface area (Å²) in [6.07, 6.45) is 7.43. The molecule has 1 saturated heterocycles. The highest BCUT2D eigenvalue weighted by atomic mass is 16.5. The van der Waals surface area contributed by atoms with Gasteiger partial charge in [0.2, 0.25) is 0 Å². The van der Waals surface area contributed by atoms with Gasteiger partial charge >= 0.3 is 0 Å². The molecule has 0 bridgehead atoms. The van der Waals surface area contributed by atoms with Gasteiger partial charge < -0.3 is 9.72 Å². The molecule has 2 aromatic heterocycles. The summed E-state index contributed by atoms with van der Waals surface area (Å²) in [6.45, 7) is 9.89. The van der Waals surface area contributed by atoms with E-state index < -0.39 is 0 Å². The number of H-pyrrole nitrogens is 1. The number of nitrogens with one attached hydrogen (secondary N) is 1. The number of hydrogen-bond acceptors (Lipinski definition) is 5. The fraction of sp³-hybridized carbons (Fsp3) is 0.529. The van der Waals surface area contributed by atoms with Crippen molar-refractivity contribution in [2.75, 3.05) is 32.8 Å². The van der Waals surface area contributed by atoms with Gasteiger partial charge in [0.05, 0.1) is 18.8 Å². The molecule has 0 amide bonds. The third-order valence-electron chi connectivity index (χ3n) is 4.30. The van der Waals surface area contributed by atoms with Crippen molar-refractivity contribution in [3.05, 3.63) is 42.2 Å². The molecule has 1 N–H and O–H groups in total. The molecule has 1 aliphatic heterocycles. The normalized spacial score (nSPS) is 19.8. The van der Waals surface area contributed by atoms with E-state index in [1.165, 1.54) is 5.56 Å². The molecule has 1 unspecified atom stereocenters. The summed E-state index contributed by atoms with van der Waals surface area (Å²) in [5.41, 5.74) is 1.19. The van der Waals surface area contributed by atoms with Crippen molar-refractivity contribution < 1.29 is 4.74 Å². The Morgan fingerprint density at radius 3 is 2.96 bits per heavy atom. The van der Waals surface area contributed by atoms with Crippen molar-refractivity contribution in [1.82, 2.24) is 24.8 Å². The van der Waals surface area contributed by atoms with Gasteiger partial charge in [-0.15, -0.1) is 0 Å². The van der Waals surface area contributed by atoms with Gasteiger partial charge in [-0.1, -0.05) is 6.92 Å². The van der Waals surface area contributed by atoms with Crippen LogP contribution in [0.1, 0.15) is 31.3 Å². The zero-order chi connectivity index (χ0) is 16.1. The number of rotatable bonds is 6. The summed E-state index contributed by atoms with van der Waals surface area (Å²) in [7, 11) is 0. The quantitative estimate of drug-likeness (QED) is 0.884. The van der Waals surface area contributed by atoms with Crippen molar-refractivity contribution in [1.29, 1.82) is 0 Å². The first-order valence-corrected chi connectivity index (χ1v) is 8.32. The Kier molecular flexibility index (Phi) is 5.25. The first-order chi connectivity index (χ1) is 11.3. The van der Waals surface area contributed by atoms with Crippen molar-refractivity contribution in [2.45, 2.75) is 26.4 Å². The summed E-state index contributed by atoms with van der Waals surface area (Å²) in [5, 5.41) is 0. The van der Waals surface area contributed by atoms with Crippen LogP contribution in [-0.4, -0.2) is 57.5 Å². The Bertz CT molecular complexity index is 601. The summed E-state index contributed by atoms with van der Waals surface area (Å²) < 4.78 is 5.55. The number of pyridine rings is 1. The van der Waals surface area contributed by atoms with Crippen LogP contribution < -0.4 is 4.74 Å². The Balaban J connectivity index is 1.68. The van der Waals surface area contributed by atoms with E-state index in [1.54, 1.807) is 6.20 Å². The maximum atomic E-state index is 5.55. The number of likely N-dealkylation sites (N-methyl/N-ethyl adjacent to an activating group) is 1. The Labute approximate surface area is 137 Å². The number of aromatic nitrogens is 3. The van der Waals surface area contributed by atoms with Gasteiger partial charge in [0.15, 0.2) is 0 Å². The second-order valence-electron chi connectivity index (χ2n) is 5.82. The zero-order valence-electron chi connectivity index (χ0n) is 13.9. The van der Waals surface area contributed by atoms with Gasteiger partial charge in [0, 0.05) is 44.8 Å². The number of ether oxygens (including phenoxy) is 1. The van der Waals surface area contributed by atoms with Crippen LogP contribution in [0, 0.1) is 0 Å². The molecule has 1 aliphatic rings. The molecule has 0 spiro atoms. The lowest BCUT2D eigenvalue weighted by Gasteiger charge is -2.40. The molecule has 3 heterocycles. The van der Waals surface area contributed by atoms with Crippen molar-refractivity contribution >= 4 is 0 Å². The molecule has 6 heteroatoms. The average molecular weight is 315 g/mol. The molecule has 0 saturated carbocycles. The molecule has 0 aliphatic carbocycles. The van der Waals surface area contributed by atoms with Crippen LogP contribution in [0.4, 0.5) is 0 Å². The maximum Gasteiger partial charge on any atom is 0.137 e.